The Balaban J connectivity index is 2.33. The van der Waals surface area contributed by atoms with Gasteiger partial charge in [0, 0.05) is 12.2 Å². The van der Waals surface area contributed by atoms with E-state index in [9.17, 15) is 19.5 Å². The number of carboxylic acid groups (broad SMARTS) is 1. The summed E-state index contributed by atoms with van der Waals surface area (Å²) in [5, 5.41) is 9.24. The van der Waals surface area contributed by atoms with Crippen LogP contribution in [0.1, 0.15) is 61.7 Å². The molecule has 0 aromatic heterocycles. The van der Waals surface area contributed by atoms with Crippen molar-refractivity contribution in [1.29, 1.82) is 0 Å². The molecule has 1 aromatic rings. The van der Waals surface area contributed by atoms with Gasteiger partial charge in [-0.25, -0.2) is 14.4 Å². The van der Waals surface area contributed by atoms with Gasteiger partial charge in [0.15, 0.2) is 11.5 Å². The standard InChI is InChI=1S/C25H34O8/c1-3-23(26)32-17-11-7-5-9-15-30-21-14-13-20(25(28)29)19-22(21)31-16-10-6-8-12-18-33-24(27)4-2/h3-4,13-14,19H,1-2,5-12,15-18H2,(H,28,29). The number of unbranched alkanes of at least 4 members (excludes halogenated alkanes) is 6. The molecule has 8 heteroatoms. The molecule has 0 saturated carbocycles. The maximum atomic E-state index is 11.3. The van der Waals surface area contributed by atoms with E-state index in [1.807, 2.05) is 0 Å². The number of carboxylic acids is 1. The van der Waals surface area contributed by atoms with Gasteiger partial charge in [-0.15, -0.1) is 0 Å². The predicted molar refractivity (Wildman–Crippen MR) is 124 cm³/mol. The van der Waals surface area contributed by atoms with E-state index < -0.39 is 17.9 Å². The zero-order valence-electron chi connectivity index (χ0n) is 19.1. The number of hydrogen-bond acceptors (Lipinski definition) is 7. The van der Waals surface area contributed by atoms with Crippen molar-refractivity contribution in [2.24, 2.45) is 0 Å². The van der Waals surface area contributed by atoms with Crippen LogP contribution in [0.5, 0.6) is 11.5 Å². The Hall–Kier alpha value is -3.29. The molecule has 33 heavy (non-hydrogen) atoms. The molecule has 0 amide bonds. The van der Waals surface area contributed by atoms with Crippen LogP contribution in [0.4, 0.5) is 0 Å². The molecule has 182 valence electrons. The molecule has 0 radical (unpaired) electrons. The molecular weight excluding hydrogens is 428 g/mol. The number of aromatic carboxylic acids is 1. The second-order valence-electron chi connectivity index (χ2n) is 7.24. The van der Waals surface area contributed by atoms with Crippen molar-refractivity contribution in [3.8, 4) is 11.5 Å². The van der Waals surface area contributed by atoms with Crippen LogP contribution >= 0.6 is 0 Å². The summed E-state index contributed by atoms with van der Waals surface area (Å²) >= 11 is 0. The Morgan fingerprint density at radius 1 is 0.697 bits per heavy atom. The first-order valence-electron chi connectivity index (χ1n) is 11.2. The molecule has 1 aromatic carbocycles. The highest BCUT2D eigenvalue weighted by atomic mass is 16.5. The Labute approximate surface area is 195 Å². The Morgan fingerprint density at radius 3 is 1.61 bits per heavy atom. The molecule has 0 aliphatic carbocycles. The van der Waals surface area contributed by atoms with E-state index in [1.54, 1.807) is 6.07 Å². The van der Waals surface area contributed by atoms with Gasteiger partial charge in [-0.3, -0.25) is 0 Å². The Kier molecular flexibility index (Phi) is 14.5. The van der Waals surface area contributed by atoms with Crippen molar-refractivity contribution in [2.75, 3.05) is 26.4 Å². The van der Waals surface area contributed by atoms with Gasteiger partial charge in [0.05, 0.1) is 32.0 Å². The quantitative estimate of drug-likeness (QED) is 0.179. The average Bonchev–Trinajstić information content (AvgIpc) is 2.82. The highest BCUT2D eigenvalue weighted by Crippen LogP contribution is 2.29. The van der Waals surface area contributed by atoms with E-state index in [0.717, 1.165) is 63.5 Å². The van der Waals surface area contributed by atoms with Crippen molar-refractivity contribution in [2.45, 2.75) is 51.4 Å². The largest absolute Gasteiger partial charge is 0.490 e. The van der Waals surface area contributed by atoms with Crippen LogP contribution in [0.15, 0.2) is 43.5 Å². The van der Waals surface area contributed by atoms with Crippen LogP contribution in [0.2, 0.25) is 0 Å². The molecule has 0 atom stereocenters. The van der Waals surface area contributed by atoms with Crippen molar-refractivity contribution < 1.29 is 38.4 Å². The van der Waals surface area contributed by atoms with Gasteiger partial charge in [0.1, 0.15) is 0 Å². The first-order chi connectivity index (χ1) is 16.0. The molecule has 0 spiro atoms. The summed E-state index contributed by atoms with van der Waals surface area (Å²) in [6.07, 6.45) is 9.02. The Bertz CT molecular complexity index is 772. The number of rotatable bonds is 19. The fourth-order valence-electron chi connectivity index (χ4n) is 2.82. The van der Waals surface area contributed by atoms with Crippen LogP contribution < -0.4 is 9.47 Å². The molecule has 0 aliphatic heterocycles. The molecular formula is C25H34O8. The third kappa shape index (κ3) is 13.0. The third-order valence-electron chi connectivity index (χ3n) is 4.61. The maximum Gasteiger partial charge on any atom is 0.335 e. The summed E-state index contributed by atoms with van der Waals surface area (Å²) < 4.78 is 21.4. The van der Waals surface area contributed by atoms with Crippen LogP contribution in [-0.2, 0) is 19.1 Å². The van der Waals surface area contributed by atoms with E-state index in [-0.39, 0.29) is 5.56 Å². The summed E-state index contributed by atoms with van der Waals surface area (Å²) in [6, 6.07) is 4.57. The normalized spacial score (nSPS) is 10.2. The molecule has 0 fully saturated rings. The molecule has 8 nitrogen and oxygen atoms in total. The molecule has 1 rings (SSSR count). The third-order valence-corrected chi connectivity index (χ3v) is 4.61. The monoisotopic (exact) mass is 462 g/mol. The minimum Gasteiger partial charge on any atom is -0.490 e. The average molecular weight is 463 g/mol. The van der Waals surface area contributed by atoms with E-state index in [0.29, 0.717) is 37.9 Å². The van der Waals surface area contributed by atoms with Gasteiger partial charge in [-0.2, -0.15) is 0 Å². The van der Waals surface area contributed by atoms with Crippen LogP contribution in [0.25, 0.3) is 0 Å². The van der Waals surface area contributed by atoms with Crippen molar-refractivity contribution >= 4 is 17.9 Å². The predicted octanol–water partition coefficient (Wildman–Crippen LogP) is 4.72. The minimum atomic E-state index is -1.03. The Morgan fingerprint density at radius 2 is 1.15 bits per heavy atom. The van der Waals surface area contributed by atoms with Gasteiger partial charge in [0.2, 0.25) is 0 Å². The van der Waals surface area contributed by atoms with Crippen molar-refractivity contribution in [1.82, 2.24) is 0 Å². The first kappa shape index (κ1) is 27.7. The van der Waals surface area contributed by atoms with E-state index in [1.165, 1.54) is 12.1 Å². The summed E-state index contributed by atoms with van der Waals surface area (Å²) in [4.78, 5) is 33.2. The molecule has 0 saturated heterocycles. The first-order valence-corrected chi connectivity index (χ1v) is 11.2. The van der Waals surface area contributed by atoms with Gasteiger partial charge >= 0.3 is 17.9 Å². The lowest BCUT2D eigenvalue weighted by atomic mass is 10.2. The fourth-order valence-corrected chi connectivity index (χ4v) is 2.82. The lowest BCUT2D eigenvalue weighted by Gasteiger charge is -2.14. The van der Waals surface area contributed by atoms with Crippen molar-refractivity contribution in [3.05, 3.63) is 49.1 Å². The summed E-state index contributed by atoms with van der Waals surface area (Å²) in [5.41, 5.74) is 0.135. The lowest BCUT2D eigenvalue weighted by molar-refractivity contribution is -0.138. The number of benzene rings is 1. The SMILES string of the molecule is C=CC(=O)OCCCCCCOc1ccc(C(=O)O)cc1OCCCCCCOC(=O)C=C. The maximum absolute atomic E-state index is 11.3. The number of ether oxygens (including phenoxy) is 4. The second kappa shape index (κ2) is 17.3. The highest BCUT2D eigenvalue weighted by molar-refractivity contribution is 5.88. The van der Waals surface area contributed by atoms with Gasteiger partial charge in [-0.05, 0) is 69.6 Å². The lowest BCUT2D eigenvalue weighted by Crippen LogP contribution is -2.05. The minimum absolute atomic E-state index is 0.135. The topological polar surface area (TPSA) is 108 Å². The zero-order valence-corrected chi connectivity index (χ0v) is 19.1. The van der Waals surface area contributed by atoms with Gasteiger partial charge in [0.25, 0.3) is 0 Å². The van der Waals surface area contributed by atoms with Crippen LogP contribution in [-0.4, -0.2) is 49.4 Å². The smallest absolute Gasteiger partial charge is 0.335 e. The van der Waals surface area contributed by atoms with E-state index in [2.05, 4.69) is 13.2 Å². The van der Waals surface area contributed by atoms with Gasteiger partial charge < -0.3 is 24.1 Å². The van der Waals surface area contributed by atoms with Crippen LogP contribution in [0.3, 0.4) is 0 Å². The summed E-state index contributed by atoms with van der Waals surface area (Å²) in [6.45, 7) is 8.33. The fraction of sp³-hybridized carbons (Fsp3) is 0.480. The number of hydrogen-bond donors (Lipinski definition) is 1. The second-order valence-corrected chi connectivity index (χ2v) is 7.24. The molecule has 0 bridgehead atoms. The van der Waals surface area contributed by atoms with Crippen molar-refractivity contribution in [3.63, 3.8) is 0 Å². The van der Waals surface area contributed by atoms with Crippen LogP contribution in [0, 0.1) is 0 Å². The van der Waals surface area contributed by atoms with Gasteiger partial charge in [-0.1, -0.05) is 13.2 Å². The number of carbonyl (C=O) groups excluding carboxylic acids is 2. The molecule has 1 N–H and O–H groups in total. The number of carbonyl (C=O) groups is 3. The summed E-state index contributed by atoms with van der Waals surface area (Å²) in [7, 11) is 0. The van der Waals surface area contributed by atoms with E-state index >= 15 is 0 Å². The molecule has 0 aliphatic rings. The highest BCUT2D eigenvalue weighted by Gasteiger charge is 2.11. The number of esters is 2. The summed E-state index contributed by atoms with van der Waals surface area (Å²) in [5.74, 6) is -0.942. The zero-order chi connectivity index (χ0) is 24.3. The van der Waals surface area contributed by atoms with E-state index in [4.69, 9.17) is 18.9 Å². The molecule has 0 heterocycles. The molecule has 0 unspecified atom stereocenters.